The summed E-state index contributed by atoms with van der Waals surface area (Å²) >= 11 is 0. The van der Waals surface area contributed by atoms with Gasteiger partial charge in [0.25, 0.3) is 0 Å². The van der Waals surface area contributed by atoms with Gasteiger partial charge in [-0.3, -0.25) is 5.32 Å². The van der Waals surface area contributed by atoms with Crippen LogP contribution in [0.15, 0.2) is 91.0 Å². The second-order valence-electron chi connectivity index (χ2n) is 9.36. The average Bonchev–Trinajstić information content (AvgIpc) is 2.93. The van der Waals surface area contributed by atoms with Crippen molar-refractivity contribution < 1.29 is 40.6 Å². The Morgan fingerprint density at radius 3 is 1.95 bits per heavy atom. The normalized spacial score (nSPS) is 13.6. The molecule has 3 nitrogen and oxygen atoms in total. The molecule has 10 heteroatoms. The zero-order valence-electron chi connectivity index (χ0n) is 21.7. The Morgan fingerprint density at radius 1 is 0.732 bits per heavy atom. The van der Waals surface area contributed by atoms with Gasteiger partial charge in [0.15, 0.2) is 0 Å². The average molecular weight is 578 g/mol. The van der Waals surface area contributed by atoms with Crippen molar-refractivity contribution in [3.05, 3.63) is 130 Å². The minimum absolute atomic E-state index is 0.224. The smallest absolute Gasteiger partial charge is 0.416 e. The van der Waals surface area contributed by atoms with Gasteiger partial charge in [0.05, 0.1) is 29.8 Å². The molecule has 0 saturated heterocycles. The highest BCUT2D eigenvalue weighted by Crippen LogP contribution is 2.36. The highest BCUT2D eigenvalue weighted by molar-refractivity contribution is 5.42. The third kappa shape index (κ3) is 7.45. The summed E-state index contributed by atoms with van der Waals surface area (Å²) in [5.74, 6) is -0.0964. The summed E-state index contributed by atoms with van der Waals surface area (Å²) in [6.45, 7) is 1.34. The highest BCUT2D eigenvalue weighted by Gasteiger charge is 2.33. The van der Waals surface area contributed by atoms with Crippen LogP contribution in [0, 0.1) is 5.82 Å². The first-order chi connectivity index (χ1) is 19.4. The topological polar surface area (TPSA) is 41.5 Å². The van der Waals surface area contributed by atoms with Crippen molar-refractivity contribution in [2.24, 2.45) is 0 Å². The number of alkyl halides is 6. The van der Waals surface area contributed by atoms with E-state index in [0.29, 0.717) is 35.3 Å². The lowest BCUT2D eigenvalue weighted by Crippen LogP contribution is -2.30. The Balaban J connectivity index is 1.76. The maximum atomic E-state index is 15.1. The van der Waals surface area contributed by atoms with Crippen molar-refractivity contribution in [1.29, 1.82) is 0 Å². The van der Waals surface area contributed by atoms with Gasteiger partial charge in [-0.25, -0.2) is 4.39 Å². The molecule has 41 heavy (non-hydrogen) atoms. The Labute approximate surface area is 232 Å². The third-order valence-electron chi connectivity index (χ3n) is 6.56. The summed E-state index contributed by atoms with van der Waals surface area (Å²) in [6, 6.07) is 17.3. The molecule has 0 amide bonds. The summed E-state index contributed by atoms with van der Waals surface area (Å²) in [4.78, 5) is 0. The zero-order chi connectivity index (χ0) is 29.8. The molecule has 0 aromatic heterocycles. The predicted molar refractivity (Wildman–Crippen MR) is 140 cm³/mol. The number of halogens is 7. The molecule has 4 aromatic carbocycles. The lowest BCUT2D eigenvalue weighted by Gasteiger charge is -2.27. The molecule has 0 fully saturated rings. The fraction of sp³-hybridized carbons (Fsp3) is 0.226. The quantitative estimate of drug-likeness (QED) is 0.196. The Kier molecular flexibility index (Phi) is 9.04. The summed E-state index contributed by atoms with van der Waals surface area (Å²) in [6.07, 6.45) is -8.57. The summed E-state index contributed by atoms with van der Waals surface area (Å²) in [7, 11) is 0. The number of aryl methyl sites for hydroxylation is 1. The minimum atomic E-state index is -4.76. The molecule has 0 saturated carbocycles. The molecule has 2 unspecified atom stereocenters. The van der Waals surface area contributed by atoms with Crippen LogP contribution in [0.2, 0.25) is 0 Å². The second kappa shape index (κ2) is 12.3. The van der Waals surface area contributed by atoms with Crippen LogP contribution in [0.5, 0.6) is 11.5 Å². The highest BCUT2D eigenvalue weighted by atomic mass is 19.4. The van der Waals surface area contributed by atoms with Crippen molar-refractivity contribution in [3.63, 3.8) is 0 Å². The van der Waals surface area contributed by atoms with Crippen molar-refractivity contribution in [3.8, 4) is 11.5 Å². The molecule has 4 rings (SSSR count). The predicted octanol–water partition coefficient (Wildman–Crippen LogP) is 8.63. The van der Waals surface area contributed by atoms with E-state index in [2.05, 4.69) is 5.32 Å². The molecule has 216 valence electrons. The lowest BCUT2D eigenvalue weighted by atomic mass is 9.94. The van der Waals surface area contributed by atoms with Gasteiger partial charge < -0.3 is 9.84 Å². The molecule has 0 aliphatic rings. The van der Waals surface area contributed by atoms with Crippen LogP contribution >= 0.6 is 0 Å². The van der Waals surface area contributed by atoms with E-state index in [9.17, 15) is 31.4 Å². The largest absolute Gasteiger partial charge is 0.457 e. The van der Waals surface area contributed by atoms with Crippen molar-refractivity contribution in [2.75, 3.05) is 6.61 Å². The van der Waals surface area contributed by atoms with Crippen molar-refractivity contribution in [1.82, 2.24) is 5.32 Å². The van der Waals surface area contributed by atoms with Crippen molar-refractivity contribution in [2.45, 2.75) is 37.8 Å². The monoisotopic (exact) mass is 577 g/mol. The SMILES string of the molecule is CCc1cccc(Oc2cccc(C(NC(CO)c3ccc(C(F)(F)F)cc3)c3cc(C(F)(F)F)ccc3F)c2)c1. The molecule has 0 radical (unpaired) electrons. The van der Waals surface area contributed by atoms with Gasteiger partial charge in [-0.2, -0.15) is 26.3 Å². The first-order valence-corrected chi connectivity index (χ1v) is 12.7. The number of hydrogen-bond acceptors (Lipinski definition) is 3. The Hall–Kier alpha value is -3.89. The van der Waals surface area contributed by atoms with Crippen LogP contribution in [-0.4, -0.2) is 11.7 Å². The molecule has 0 spiro atoms. The van der Waals surface area contributed by atoms with Gasteiger partial charge in [-0.05, 0) is 77.7 Å². The molecule has 4 aromatic rings. The molecular weight excluding hydrogens is 551 g/mol. The number of aliphatic hydroxyl groups excluding tert-OH is 1. The summed E-state index contributed by atoms with van der Waals surface area (Å²) < 4.78 is 101. The van der Waals surface area contributed by atoms with Crippen LogP contribution in [0.25, 0.3) is 0 Å². The number of benzene rings is 4. The van der Waals surface area contributed by atoms with Gasteiger partial charge in [0, 0.05) is 5.56 Å². The van der Waals surface area contributed by atoms with E-state index < -0.39 is 48.0 Å². The van der Waals surface area contributed by atoms with Gasteiger partial charge in [-0.1, -0.05) is 43.3 Å². The lowest BCUT2D eigenvalue weighted by molar-refractivity contribution is -0.138. The summed E-state index contributed by atoms with van der Waals surface area (Å²) in [5, 5.41) is 13.1. The molecule has 0 bridgehead atoms. The molecule has 0 heterocycles. The van der Waals surface area contributed by atoms with Gasteiger partial charge in [0.1, 0.15) is 17.3 Å². The number of rotatable bonds is 9. The van der Waals surface area contributed by atoms with Crippen molar-refractivity contribution >= 4 is 0 Å². The van der Waals surface area contributed by atoms with Crippen LogP contribution in [-0.2, 0) is 18.8 Å². The van der Waals surface area contributed by atoms with Crippen LogP contribution in [0.1, 0.15) is 52.4 Å². The Bertz CT molecular complexity index is 1470. The van der Waals surface area contributed by atoms with E-state index >= 15 is 4.39 Å². The fourth-order valence-corrected chi connectivity index (χ4v) is 4.39. The van der Waals surface area contributed by atoms with Gasteiger partial charge >= 0.3 is 12.4 Å². The third-order valence-corrected chi connectivity index (χ3v) is 6.56. The maximum Gasteiger partial charge on any atom is 0.416 e. The first kappa shape index (κ1) is 30.1. The first-order valence-electron chi connectivity index (χ1n) is 12.7. The maximum absolute atomic E-state index is 15.1. The molecule has 2 atom stereocenters. The number of hydrogen-bond donors (Lipinski definition) is 2. The number of nitrogens with one attached hydrogen (secondary N) is 1. The molecular formula is C31H26F7NO2. The van der Waals surface area contributed by atoms with Crippen LogP contribution in [0.3, 0.4) is 0 Å². The zero-order valence-corrected chi connectivity index (χ0v) is 21.7. The van der Waals surface area contributed by atoms with E-state index in [1.54, 1.807) is 24.3 Å². The Morgan fingerprint density at radius 2 is 1.34 bits per heavy atom. The standard InChI is InChI=1S/C31H26F7NO2/c1-2-19-5-3-7-24(15-19)41-25-8-4-6-21(16-25)29(26-17-23(31(36,37)38)13-14-27(26)32)39-28(18-40)20-9-11-22(12-10-20)30(33,34)35/h3-17,28-29,39-40H,2,18H2,1H3. The van der Waals surface area contributed by atoms with Crippen LogP contribution < -0.4 is 10.1 Å². The van der Waals surface area contributed by atoms with E-state index in [1.165, 1.54) is 6.07 Å². The molecule has 2 N–H and O–H groups in total. The molecule has 0 aliphatic heterocycles. The number of ether oxygens (including phenoxy) is 1. The van der Waals surface area contributed by atoms with Gasteiger partial charge in [0.2, 0.25) is 0 Å². The fourth-order valence-electron chi connectivity index (χ4n) is 4.39. The van der Waals surface area contributed by atoms with E-state index in [4.69, 9.17) is 4.74 Å². The summed E-state index contributed by atoms with van der Waals surface area (Å²) in [5.41, 5.74) is -0.809. The van der Waals surface area contributed by atoms with Crippen LogP contribution in [0.4, 0.5) is 30.7 Å². The number of aliphatic hydroxyl groups is 1. The second-order valence-corrected chi connectivity index (χ2v) is 9.36. The van der Waals surface area contributed by atoms with Gasteiger partial charge in [-0.15, -0.1) is 0 Å². The molecule has 0 aliphatic carbocycles. The van der Waals surface area contributed by atoms with E-state index in [1.807, 2.05) is 25.1 Å². The van der Waals surface area contributed by atoms with E-state index in [0.717, 1.165) is 36.2 Å². The van der Waals surface area contributed by atoms with E-state index in [-0.39, 0.29) is 11.1 Å². The minimum Gasteiger partial charge on any atom is -0.457 e.